The van der Waals surface area contributed by atoms with Crippen molar-refractivity contribution in [3.05, 3.63) is 88.5 Å². The number of aliphatic carboxylic acids is 1. The molecule has 34 heavy (non-hydrogen) atoms. The van der Waals surface area contributed by atoms with Crippen LogP contribution in [-0.4, -0.2) is 17.7 Å². The van der Waals surface area contributed by atoms with Crippen LogP contribution in [0.5, 0.6) is 11.5 Å². The topological polar surface area (TPSA) is 55.8 Å². The molecule has 8 heteroatoms. The Bertz CT molecular complexity index is 1160. The third kappa shape index (κ3) is 5.86. The first-order valence-electron chi connectivity index (χ1n) is 10.8. The van der Waals surface area contributed by atoms with Gasteiger partial charge in [0.25, 0.3) is 0 Å². The molecule has 1 aliphatic carbocycles. The fourth-order valence-corrected chi connectivity index (χ4v) is 5.03. The number of hydrogen-bond donors (Lipinski definition) is 1. The molecule has 0 saturated carbocycles. The summed E-state index contributed by atoms with van der Waals surface area (Å²) in [7, 11) is 0. The summed E-state index contributed by atoms with van der Waals surface area (Å²) in [5.74, 6) is 0.982. The molecule has 1 aliphatic rings. The van der Waals surface area contributed by atoms with Gasteiger partial charge in [0.15, 0.2) is 6.61 Å². The van der Waals surface area contributed by atoms with Gasteiger partial charge < -0.3 is 14.6 Å². The molecule has 0 fully saturated rings. The van der Waals surface area contributed by atoms with E-state index in [1.54, 1.807) is 11.8 Å². The van der Waals surface area contributed by atoms with Gasteiger partial charge in [-0.25, -0.2) is 4.79 Å². The molecule has 3 aromatic carbocycles. The van der Waals surface area contributed by atoms with Gasteiger partial charge in [0.1, 0.15) is 18.1 Å². The number of carboxylic acids is 1. The number of hydrogen-bond acceptors (Lipinski definition) is 4. The van der Waals surface area contributed by atoms with Gasteiger partial charge in [-0.05, 0) is 66.3 Å². The minimum atomic E-state index is -4.36. The van der Waals surface area contributed by atoms with E-state index in [2.05, 4.69) is 0 Å². The van der Waals surface area contributed by atoms with Crippen LogP contribution in [-0.2, 0) is 36.2 Å². The first kappa shape index (κ1) is 24.0. The molecule has 0 unspecified atom stereocenters. The molecule has 0 amide bonds. The van der Waals surface area contributed by atoms with Crippen molar-refractivity contribution in [2.75, 3.05) is 6.61 Å². The first-order chi connectivity index (χ1) is 16.3. The Morgan fingerprint density at radius 1 is 0.912 bits per heavy atom. The zero-order valence-corrected chi connectivity index (χ0v) is 19.0. The second kappa shape index (κ2) is 10.4. The predicted molar refractivity (Wildman–Crippen MR) is 123 cm³/mol. The van der Waals surface area contributed by atoms with Gasteiger partial charge in [-0.3, -0.25) is 0 Å². The molecule has 0 saturated heterocycles. The largest absolute Gasteiger partial charge is 0.489 e. The van der Waals surface area contributed by atoms with E-state index in [1.165, 1.54) is 17.7 Å². The Labute approximate surface area is 199 Å². The number of alkyl halides is 3. The summed E-state index contributed by atoms with van der Waals surface area (Å²) in [6, 6.07) is 16.4. The maximum Gasteiger partial charge on any atom is 0.416 e. The second-order valence-corrected chi connectivity index (χ2v) is 8.95. The van der Waals surface area contributed by atoms with Gasteiger partial charge in [-0.2, -0.15) is 13.2 Å². The Balaban J connectivity index is 1.42. The van der Waals surface area contributed by atoms with E-state index in [1.807, 2.05) is 36.4 Å². The Morgan fingerprint density at radius 3 is 2.38 bits per heavy atom. The molecule has 0 atom stereocenters. The highest BCUT2D eigenvalue weighted by Crippen LogP contribution is 2.39. The molecular formula is C26H23F3O4S. The van der Waals surface area contributed by atoms with E-state index in [-0.39, 0.29) is 13.2 Å². The van der Waals surface area contributed by atoms with Crippen molar-refractivity contribution in [3.8, 4) is 11.5 Å². The number of benzene rings is 3. The summed E-state index contributed by atoms with van der Waals surface area (Å²) < 4.78 is 49.7. The van der Waals surface area contributed by atoms with Crippen molar-refractivity contribution in [2.24, 2.45) is 0 Å². The highest BCUT2D eigenvalue weighted by Gasteiger charge is 2.30. The van der Waals surface area contributed by atoms with Crippen molar-refractivity contribution in [3.63, 3.8) is 0 Å². The Morgan fingerprint density at radius 2 is 1.65 bits per heavy atom. The summed E-state index contributed by atoms with van der Waals surface area (Å²) in [5.41, 5.74) is 3.25. The molecule has 3 aromatic rings. The zero-order chi connectivity index (χ0) is 24.1. The van der Waals surface area contributed by atoms with Gasteiger partial charge in [0.05, 0.1) is 5.56 Å². The third-order valence-corrected chi connectivity index (χ3v) is 6.73. The molecule has 0 radical (unpaired) electrons. The van der Waals surface area contributed by atoms with Crippen molar-refractivity contribution < 1.29 is 32.5 Å². The standard InChI is InChI=1S/C26H23F3O4S/c27-26(28,29)19-10-8-17(9-11-19)14-32-22-7-2-1-4-18(22)16-34-24-13-12-23(33-15-25(30)31)20-5-3-6-21(20)24/h1-2,4,7-13H,3,5-6,14-16H2,(H,30,31). The monoisotopic (exact) mass is 488 g/mol. The molecule has 0 heterocycles. The third-order valence-electron chi connectivity index (χ3n) is 5.58. The van der Waals surface area contributed by atoms with Crippen LogP contribution in [0.25, 0.3) is 0 Å². The summed E-state index contributed by atoms with van der Waals surface area (Å²) >= 11 is 1.68. The van der Waals surface area contributed by atoms with E-state index in [9.17, 15) is 18.0 Å². The lowest BCUT2D eigenvalue weighted by atomic mass is 10.1. The summed E-state index contributed by atoms with van der Waals surface area (Å²) in [4.78, 5) is 12.0. The molecule has 4 rings (SSSR count). The normalized spacial score (nSPS) is 12.9. The fourth-order valence-electron chi connectivity index (χ4n) is 3.92. The van der Waals surface area contributed by atoms with Gasteiger partial charge in [-0.15, -0.1) is 11.8 Å². The number of thioether (sulfide) groups is 1. The molecule has 4 nitrogen and oxygen atoms in total. The minimum absolute atomic E-state index is 0.171. The van der Waals surface area contributed by atoms with Crippen LogP contribution in [0.3, 0.4) is 0 Å². The van der Waals surface area contributed by atoms with E-state index >= 15 is 0 Å². The fraction of sp³-hybridized carbons (Fsp3) is 0.269. The predicted octanol–water partition coefficient (Wildman–Crippen LogP) is 6.53. The molecule has 0 aromatic heterocycles. The van der Waals surface area contributed by atoms with Gasteiger partial charge in [-0.1, -0.05) is 30.3 Å². The number of rotatable bonds is 9. The molecule has 178 valence electrons. The maximum atomic E-state index is 12.8. The highest BCUT2D eigenvalue weighted by atomic mass is 32.2. The molecule has 0 bridgehead atoms. The van der Waals surface area contributed by atoms with E-state index < -0.39 is 17.7 Å². The van der Waals surface area contributed by atoms with Gasteiger partial charge in [0, 0.05) is 16.2 Å². The van der Waals surface area contributed by atoms with E-state index in [0.717, 1.165) is 47.4 Å². The zero-order valence-electron chi connectivity index (χ0n) is 18.2. The van der Waals surface area contributed by atoms with Crippen LogP contribution in [0.2, 0.25) is 0 Å². The molecule has 1 N–H and O–H groups in total. The van der Waals surface area contributed by atoms with Gasteiger partial charge in [0.2, 0.25) is 0 Å². The van der Waals surface area contributed by atoms with Crippen LogP contribution in [0, 0.1) is 0 Å². The van der Waals surface area contributed by atoms with Crippen molar-refractivity contribution in [1.29, 1.82) is 0 Å². The Kier molecular flexibility index (Phi) is 7.36. The van der Waals surface area contributed by atoms with Crippen molar-refractivity contribution >= 4 is 17.7 Å². The average molecular weight is 489 g/mol. The summed E-state index contributed by atoms with van der Waals surface area (Å²) in [6.45, 7) is -0.187. The molecule has 0 spiro atoms. The second-order valence-electron chi connectivity index (χ2n) is 7.93. The lowest BCUT2D eigenvalue weighted by Gasteiger charge is -2.15. The number of ether oxygens (including phenoxy) is 2. The lowest BCUT2D eigenvalue weighted by Crippen LogP contribution is -2.10. The highest BCUT2D eigenvalue weighted by molar-refractivity contribution is 7.98. The number of carbonyl (C=O) groups is 1. The number of carboxylic acid groups (broad SMARTS) is 1. The van der Waals surface area contributed by atoms with Crippen LogP contribution in [0.15, 0.2) is 65.6 Å². The minimum Gasteiger partial charge on any atom is -0.489 e. The van der Waals surface area contributed by atoms with Crippen LogP contribution < -0.4 is 9.47 Å². The van der Waals surface area contributed by atoms with Crippen LogP contribution in [0.4, 0.5) is 13.2 Å². The molecular weight excluding hydrogens is 465 g/mol. The van der Waals surface area contributed by atoms with Crippen LogP contribution >= 0.6 is 11.8 Å². The number of fused-ring (bicyclic) bond motifs is 1. The SMILES string of the molecule is O=C(O)COc1ccc(SCc2ccccc2OCc2ccc(C(F)(F)F)cc2)c2c1CCC2. The van der Waals surface area contributed by atoms with Crippen LogP contribution in [0.1, 0.15) is 34.2 Å². The number of halogens is 3. The maximum absolute atomic E-state index is 12.8. The molecule has 0 aliphatic heterocycles. The summed E-state index contributed by atoms with van der Waals surface area (Å²) in [5, 5.41) is 8.89. The average Bonchev–Trinajstić information content (AvgIpc) is 3.31. The quantitative estimate of drug-likeness (QED) is 0.347. The van der Waals surface area contributed by atoms with E-state index in [0.29, 0.717) is 22.8 Å². The summed E-state index contributed by atoms with van der Waals surface area (Å²) in [6.07, 6.45) is -1.56. The number of para-hydroxylation sites is 1. The van der Waals surface area contributed by atoms with E-state index in [4.69, 9.17) is 14.6 Å². The lowest BCUT2D eigenvalue weighted by molar-refractivity contribution is -0.139. The van der Waals surface area contributed by atoms with Crippen molar-refractivity contribution in [2.45, 2.75) is 42.7 Å². The van der Waals surface area contributed by atoms with Gasteiger partial charge >= 0.3 is 12.1 Å². The smallest absolute Gasteiger partial charge is 0.416 e. The first-order valence-corrected chi connectivity index (χ1v) is 11.8. The Hall–Kier alpha value is -3.13. The van der Waals surface area contributed by atoms with Crippen molar-refractivity contribution in [1.82, 2.24) is 0 Å².